The van der Waals surface area contributed by atoms with Crippen molar-refractivity contribution in [3.63, 3.8) is 0 Å². The number of nitrogens with zero attached hydrogens (tertiary/aromatic N) is 1. The van der Waals surface area contributed by atoms with Gasteiger partial charge in [-0.25, -0.2) is 4.98 Å². The third-order valence-corrected chi connectivity index (χ3v) is 10.1. The van der Waals surface area contributed by atoms with Crippen molar-refractivity contribution in [1.82, 2.24) is 9.97 Å². The highest BCUT2D eigenvalue weighted by atomic mass is 16.3. The van der Waals surface area contributed by atoms with Gasteiger partial charge in [-0.2, -0.15) is 0 Å². The van der Waals surface area contributed by atoms with Crippen LogP contribution in [0, 0.1) is 28.6 Å². The summed E-state index contributed by atoms with van der Waals surface area (Å²) in [6, 6.07) is 10.5. The van der Waals surface area contributed by atoms with Gasteiger partial charge in [0.05, 0.1) is 6.10 Å². The molecule has 0 amide bonds. The zero-order valence-electron chi connectivity index (χ0n) is 19.0. The number of imidazole rings is 1. The molecule has 0 saturated heterocycles. The quantitative estimate of drug-likeness (QED) is 0.550. The molecule has 4 unspecified atom stereocenters. The molecular weight excluding hydrogens is 380 g/mol. The highest BCUT2D eigenvalue weighted by Crippen LogP contribution is 2.67. The molecule has 1 aromatic carbocycles. The molecule has 31 heavy (non-hydrogen) atoms. The van der Waals surface area contributed by atoms with Crippen molar-refractivity contribution in [3.05, 3.63) is 53.9 Å². The molecule has 4 aliphatic carbocycles. The Morgan fingerprint density at radius 3 is 2.68 bits per heavy atom. The number of hydrogen-bond acceptors (Lipinski definition) is 2. The van der Waals surface area contributed by atoms with E-state index in [2.05, 4.69) is 61.4 Å². The highest BCUT2D eigenvalue weighted by Gasteiger charge is 2.59. The van der Waals surface area contributed by atoms with Crippen LogP contribution in [-0.4, -0.2) is 21.2 Å². The van der Waals surface area contributed by atoms with Gasteiger partial charge in [0.1, 0.15) is 5.82 Å². The van der Waals surface area contributed by atoms with Crippen molar-refractivity contribution in [2.24, 2.45) is 28.6 Å². The molecule has 0 radical (unpaired) electrons. The SMILES string of the molecule is C[C@]12CCC(O)CC1=CCC1C2CC[C@@]2(C)C1CC[C@@H]2c1cnc(-c2ccccc2)[nH]1. The number of aliphatic hydroxyl groups is 1. The summed E-state index contributed by atoms with van der Waals surface area (Å²) in [4.78, 5) is 8.47. The van der Waals surface area contributed by atoms with E-state index in [1.807, 2.05) is 0 Å². The molecule has 7 atom stereocenters. The van der Waals surface area contributed by atoms with Crippen molar-refractivity contribution >= 4 is 0 Å². The lowest BCUT2D eigenvalue weighted by molar-refractivity contribution is -0.0412. The van der Waals surface area contributed by atoms with Crippen molar-refractivity contribution in [1.29, 1.82) is 0 Å². The predicted molar refractivity (Wildman–Crippen MR) is 124 cm³/mol. The van der Waals surface area contributed by atoms with Crippen molar-refractivity contribution < 1.29 is 5.11 Å². The second-order valence-electron chi connectivity index (χ2n) is 11.4. The van der Waals surface area contributed by atoms with Crippen LogP contribution in [0.4, 0.5) is 0 Å². The molecule has 2 N–H and O–H groups in total. The Hall–Kier alpha value is -1.87. The van der Waals surface area contributed by atoms with E-state index in [-0.39, 0.29) is 6.10 Å². The fraction of sp³-hybridized carbons (Fsp3) is 0.607. The summed E-state index contributed by atoms with van der Waals surface area (Å²) >= 11 is 0. The highest BCUT2D eigenvalue weighted by molar-refractivity contribution is 5.55. The zero-order chi connectivity index (χ0) is 21.2. The van der Waals surface area contributed by atoms with E-state index in [0.29, 0.717) is 16.7 Å². The van der Waals surface area contributed by atoms with Crippen LogP contribution in [-0.2, 0) is 0 Å². The number of benzene rings is 1. The Morgan fingerprint density at radius 2 is 1.84 bits per heavy atom. The van der Waals surface area contributed by atoms with E-state index < -0.39 is 0 Å². The molecule has 6 rings (SSSR count). The maximum Gasteiger partial charge on any atom is 0.137 e. The first-order chi connectivity index (χ1) is 15.0. The summed E-state index contributed by atoms with van der Waals surface area (Å²) in [5, 5.41) is 10.2. The van der Waals surface area contributed by atoms with Gasteiger partial charge in [-0.15, -0.1) is 0 Å². The standard InChI is InChI=1S/C28H36N2O/c1-27-14-12-20(31)16-19(27)8-9-21-22-10-11-24(28(22,2)15-13-23(21)27)25-17-29-26(30-25)18-6-4-3-5-7-18/h3-8,17,20-24,31H,9-16H2,1-2H3,(H,29,30)/t20?,21?,22?,23?,24-,27+,28+/m1/s1. The molecule has 3 saturated carbocycles. The van der Waals surface area contributed by atoms with Crippen LogP contribution in [0.15, 0.2) is 48.2 Å². The predicted octanol–water partition coefficient (Wildman–Crippen LogP) is 6.48. The molecule has 0 aliphatic heterocycles. The number of aliphatic hydroxyl groups excluding tert-OH is 1. The minimum Gasteiger partial charge on any atom is -0.393 e. The molecule has 164 valence electrons. The molecule has 1 heterocycles. The van der Waals surface area contributed by atoms with Gasteiger partial charge >= 0.3 is 0 Å². The van der Waals surface area contributed by atoms with Crippen LogP contribution in [0.2, 0.25) is 0 Å². The smallest absolute Gasteiger partial charge is 0.137 e. The number of rotatable bonds is 2. The van der Waals surface area contributed by atoms with Crippen LogP contribution in [0.25, 0.3) is 11.4 Å². The topological polar surface area (TPSA) is 48.9 Å². The second-order valence-corrected chi connectivity index (χ2v) is 11.4. The third kappa shape index (κ3) is 2.92. The normalized spacial score (nSPS) is 41.8. The summed E-state index contributed by atoms with van der Waals surface area (Å²) in [6.45, 7) is 5.11. The van der Waals surface area contributed by atoms with E-state index in [4.69, 9.17) is 4.98 Å². The van der Waals surface area contributed by atoms with Gasteiger partial charge in [0.25, 0.3) is 0 Å². The molecule has 1 aromatic heterocycles. The van der Waals surface area contributed by atoms with E-state index in [9.17, 15) is 5.11 Å². The summed E-state index contributed by atoms with van der Waals surface area (Å²) in [7, 11) is 0. The van der Waals surface area contributed by atoms with Crippen molar-refractivity contribution in [3.8, 4) is 11.4 Å². The lowest BCUT2D eigenvalue weighted by Gasteiger charge is -2.58. The van der Waals surface area contributed by atoms with Gasteiger partial charge in [0, 0.05) is 23.4 Å². The first-order valence-corrected chi connectivity index (χ1v) is 12.5. The molecule has 0 spiro atoms. The third-order valence-electron chi connectivity index (χ3n) is 10.1. The number of aromatic nitrogens is 2. The van der Waals surface area contributed by atoms with E-state index >= 15 is 0 Å². The van der Waals surface area contributed by atoms with Gasteiger partial charge in [-0.3, -0.25) is 0 Å². The minimum absolute atomic E-state index is 0.111. The van der Waals surface area contributed by atoms with Crippen LogP contribution < -0.4 is 0 Å². The van der Waals surface area contributed by atoms with Crippen LogP contribution >= 0.6 is 0 Å². The van der Waals surface area contributed by atoms with Gasteiger partial charge in [0.15, 0.2) is 0 Å². The first-order valence-electron chi connectivity index (χ1n) is 12.5. The second kappa shape index (κ2) is 7.07. The Kier molecular flexibility index (Phi) is 4.51. The number of hydrogen-bond donors (Lipinski definition) is 2. The summed E-state index contributed by atoms with van der Waals surface area (Å²) < 4.78 is 0. The number of fused-ring (bicyclic) bond motifs is 5. The largest absolute Gasteiger partial charge is 0.393 e. The van der Waals surface area contributed by atoms with E-state index in [0.717, 1.165) is 36.4 Å². The Morgan fingerprint density at radius 1 is 1.00 bits per heavy atom. The molecule has 3 fully saturated rings. The Labute approximate surface area is 186 Å². The van der Waals surface area contributed by atoms with E-state index in [1.54, 1.807) is 5.57 Å². The number of aromatic amines is 1. The lowest BCUT2D eigenvalue weighted by atomic mass is 9.47. The fourth-order valence-electron chi connectivity index (χ4n) is 8.41. The fourth-order valence-corrected chi connectivity index (χ4v) is 8.41. The number of allylic oxidation sites excluding steroid dienone is 1. The van der Waals surface area contributed by atoms with Gasteiger partial charge in [0.2, 0.25) is 0 Å². The summed E-state index contributed by atoms with van der Waals surface area (Å²) in [5.74, 6) is 4.02. The maximum absolute atomic E-state index is 10.2. The maximum atomic E-state index is 10.2. The average molecular weight is 417 g/mol. The monoisotopic (exact) mass is 416 g/mol. The summed E-state index contributed by atoms with van der Waals surface area (Å²) in [6.07, 6.45) is 14.2. The molecule has 3 nitrogen and oxygen atoms in total. The van der Waals surface area contributed by atoms with Crippen LogP contribution in [0.5, 0.6) is 0 Å². The molecule has 4 aliphatic rings. The average Bonchev–Trinajstić information content (AvgIpc) is 3.39. The first kappa shape index (κ1) is 19.8. The molecule has 3 heteroatoms. The van der Waals surface area contributed by atoms with Gasteiger partial charge in [-0.05, 0) is 80.0 Å². The van der Waals surface area contributed by atoms with Crippen LogP contribution in [0.3, 0.4) is 0 Å². The Balaban J connectivity index is 1.29. The molecular formula is C28H36N2O. The van der Waals surface area contributed by atoms with E-state index in [1.165, 1.54) is 49.8 Å². The van der Waals surface area contributed by atoms with Crippen molar-refractivity contribution in [2.45, 2.75) is 77.2 Å². The van der Waals surface area contributed by atoms with Gasteiger partial charge in [-0.1, -0.05) is 55.8 Å². The van der Waals surface area contributed by atoms with Crippen molar-refractivity contribution in [2.75, 3.05) is 0 Å². The molecule has 2 aromatic rings. The lowest BCUT2D eigenvalue weighted by Crippen LogP contribution is -2.50. The zero-order valence-corrected chi connectivity index (χ0v) is 19.0. The van der Waals surface area contributed by atoms with Gasteiger partial charge < -0.3 is 10.1 Å². The molecule has 0 bridgehead atoms. The Bertz CT molecular complexity index is 993. The minimum atomic E-state index is -0.111. The number of H-pyrrole nitrogens is 1. The number of nitrogens with one attached hydrogen (secondary N) is 1. The summed E-state index contributed by atoms with van der Waals surface area (Å²) in [5.41, 5.74) is 4.80. The van der Waals surface area contributed by atoms with Crippen LogP contribution in [0.1, 0.15) is 76.8 Å².